The molecule has 4 N–H and O–H groups in total. The first-order valence-electron chi connectivity index (χ1n) is 12.8. The maximum Gasteiger partial charge on any atom is 0.406 e. The first-order chi connectivity index (χ1) is 18.5. The third kappa shape index (κ3) is 6.98. The molecule has 0 atom stereocenters. The molecule has 208 valence electrons. The molecular formula is C29H33F3N4O3. The van der Waals surface area contributed by atoms with Crippen LogP contribution in [0.4, 0.5) is 24.5 Å². The van der Waals surface area contributed by atoms with E-state index in [2.05, 4.69) is 27.8 Å². The van der Waals surface area contributed by atoms with Crippen LogP contribution >= 0.6 is 0 Å². The summed E-state index contributed by atoms with van der Waals surface area (Å²) in [6.07, 6.45) is -1.53. The summed E-state index contributed by atoms with van der Waals surface area (Å²) in [5, 5.41) is 20.0. The van der Waals surface area contributed by atoms with Gasteiger partial charge in [-0.1, -0.05) is 12.0 Å². The highest BCUT2D eigenvalue weighted by atomic mass is 19.4. The van der Waals surface area contributed by atoms with Gasteiger partial charge in [0.2, 0.25) is 0 Å². The van der Waals surface area contributed by atoms with E-state index >= 15 is 0 Å². The van der Waals surface area contributed by atoms with Crippen LogP contribution in [0.5, 0.6) is 5.75 Å². The number of aliphatic hydroxyl groups is 1. The second-order valence-corrected chi connectivity index (χ2v) is 10.0. The van der Waals surface area contributed by atoms with Crippen LogP contribution in [0.3, 0.4) is 0 Å². The highest BCUT2D eigenvalue weighted by Crippen LogP contribution is 2.34. The van der Waals surface area contributed by atoms with Crippen molar-refractivity contribution in [2.75, 3.05) is 31.3 Å². The molecule has 1 saturated carbocycles. The Bertz CT molecular complexity index is 1390. The second kappa shape index (κ2) is 11.5. The molecule has 0 bridgehead atoms. The Balaban J connectivity index is 1.57. The Kier molecular flexibility index (Phi) is 8.31. The number of hydrogen-bond donors (Lipinski definition) is 4. The third-order valence-corrected chi connectivity index (χ3v) is 6.98. The Morgan fingerprint density at radius 3 is 2.59 bits per heavy atom. The lowest BCUT2D eigenvalue weighted by molar-refractivity contribution is -0.140. The highest BCUT2D eigenvalue weighted by Gasteiger charge is 2.31. The van der Waals surface area contributed by atoms with Gasteiger partial charge in [-0.25, -0.2) is 0 Å². The van der Waals surface area contributed by atoms with Crippen molar-refractivity contribution in [3.63, 3.8) is 0 Å². The fraction of sp³-hybridized carbons (Fsp3) is 0.414. The normalized spacial score (nSPS) is 19.2. The topological polar surface area (TPSA) is 87.5 Å². The molecule has 1 fully saturated rings. The molecule has 1 aliphatic rings. The second-order valence-electron chi connectivity index (χ2n) is 10.0. The number of benzene rings is 2. The molecule has 4 rings (SSSR count). The number of hydrogen-bond acceptors (Lipinski definition) is 5. The van der Waals surface area contributed by atoms with Gasteiger partial charge < -0.3 is 30.4 Å². The molecule has 1 heterocycles. The summed E-state index contributed by atoms with van der Waals surface area (Å²) in [4.78, 5) is 11.9. The first kappa shape index (κ1) is 28.2. The molecule has 39 heavy (non-hydrogen) atoms. The number of amides is 1. The number of carbonyl (C=O) groups excluding carboxylic acids is 1. The Labute approximate surface area is 225 Å². The minimum atomic E-state index is -4.42. The summed E-state index contributed by atoms with van der Waals surface area (Å²) in [5.74, 6) is 6.01. The van der Waals surface area contributed by atoms with E-state index in [1.54, 1.807) is 36.4 Å². The summed E-state index contributed by atoms with van der Waals surface area (Å²) >= 11 is 0. The van der Waals surface area contributed by atoms with E-state index in [9.17, 15) is 23.1 Å². The zero-order chi connectivity index (χ0) is 28.2. The van der Waals surface area contributed by atoms with Crippen molar-refractivity contribution >= 4 is 28.2 Å². The number of ether oxygens (including phenoxy) is 1. The average molecular weight is 543 g/mol. The maximum absolute atomic E-state index is 13.5. The van der Waals surface area contributed by atoms with Gasteiger partial charge in [0.05, 0.1) is 36.2 Å². The predicted octanol–water partition coefficient (Wildman–Crippen LogP) is 5.14. The molecule has 0 saturated heterocycles. The van der Waals surface area contributed by atoms with Crippen LogP contribution in [0.2, 0.25) is 0 Å². The number of alkyl halides is 3. The van der Waals surface area contributed by atoms with Gasteiger partial charge in [0, 0.05) is 29.7 Å². The molecule has 1 amide bonds. The van der Waals surface area contributed by atoms with Crippen molar-refractivity contribution < 1.29 is 27.8 Å². The lowest BCUT2D eigenvalue weighted by Gasteiger charge is -2.34. The van der Waals surface area contributed by atoms with Gasteiger partial charge in [-0.2, -0.15) is 13.2 Å². The molecule has 0 unspecified atom stereocenters. The minimum absolute atomic E-state index is 0.130. The monoisotopic (exact) mass is 542 g/mol. The van der Waals surface area contributed by atoms with Gasteiger partial charge in [-0.3, -0.25) is 4.79 Å². The lowest BCUT2D eigenvalue weighted by atomic mass is 9.83. The fourth-order valence-electron chi connectivity index (χ4n) is 4.86. The number of halogens is 3. The number of aromatic nitrogens is 1. The Hall–Kier alpha value is -3.84. The van der Waals surface area contributed by atoms with Crippen molar-refractivity contribution in [2.45, 2.75) is 57.0 Å². The summed E-state index contributed by atoms with van der Waals surface area (Å²) in [5.41, 5.74) is 1.82. The van der Waals surface area contributed by atoms with Crippen molar-refractivity contribution in [1.29, 1.82) is 0 Å². The Morgan fingerprint density at radius 2 is 1.92 bits per heavy atom. The minimum Gasteiger partial charge on any atom is -0.495 e. The first-order valence-corrected chi connectivity index (χ1v) is 12.8. The molecule has 7 nitrogen and oxygen atoms in total. The zero-order valence-corrected chi connectivity index (χ0v) is 22.2. The predicted molar refractivity (Wildman–Crippen MR) is 146 cm³/mol. The largest absolute Gasteiger partial charge is 0.495 e. The summed E-state index contributed by atoms with van der Waals surface area (Å²) in [6, 6.07) is 12.0. The number of carbonyl (C=O) groups is 1. The van der Waals surface area contributed by atoms with Gasteiger partial charge in [0.15, 0.2) is 0 Å². The third-order valence-electron chi connectivity index (χ3n) is 6.98. The Morgan fingerprint density at radius 1 is 1.18 bits per heavy atom. The van der Waals surface area contributed by atoms with Gasteiger partial charge in [0.1, 0.15) is 12.3 Å². The zero-order valence-electron chi connectivity index (χ0n) is 22.2. The summed E-state index contributed by atoms with van der Waals surface area (Å²) in [7, 11) is 3.02. The molecule has 0 radical (unpaired) electrons. The molecule has 2 aromatic carbocycles. The van der Waals surface area contributed by atoms with E-state index < -0.39 is 18.3 Å². The van der Waals surface area contributed by atoms with Crippen LogP contribution < -0.4 is 20.7 Å². The van der Waals surface area contributed by atoms with E-state index in [-0.39, 0.29) is 24.2 Å². The SMILES string of the molecule is CNC(=O)c1ccc(NCC#Cc2cc3c(NC4CCC(C)(O)CC4)cccc3n2CC(F)(F)F)c(OC)c1. The smallest absolute Gasteiger partial charge is 0.406 e. The van der Waals surface area contributed by atoms with Crippen LogP contribution in [0.15, 0.2) is 42.5 Å². The van der Waals surface area contributed by atoms with Crippen molar-refractivity contribution in [3.8, 4) is 17.6 Å². The van der Waals surface area contributed by atoms with E-state index in [1.165, 1.54) is 18.7 Å². The molecule has 1 aliphatic carbocycles. The standard InChI is InChI=1S/C29H33F3N4O3/c1-28(38)13-11-20(12-14-28)35-23-7-4-8-25-22(23)17-21(36(25)18-29(30,31)32)6-5-15-34-24-10-9-19(27(37)33-2)16-26(24)39-3/h4,7-10,16-17,20,34-35,38H,11-15,18H2,1-3H3,(H,33,37). The maximum atomic E-state index is 13.5. The lowest BCUT2D eigenvalue weighted by Crippen LogP contribution is -2.35. The van der Waals surface area contributed by atoms with Crippen molar-refractivity contribution in [2.24, 2.45) is 0 Å². The van der Waals surface area contributed by atoms with Crippen LogP contribution in [-0.2, 0) is 6.54 Å². The van der Waals surface area contributed by atoms with Gasteiger partial charge in [-0.15, -0.1) is 0 Å². The van der Waals surface area contributed by atoms with Crippen molar-refractivity contribution in [1.82, 2.24) is 9.88 Å². The van der Waals surface area contributed by atoms with E-state index in [4.69, 9.17) is 4.74 Å². The van der Waals surface area contributed by atoms with Crippen LogP contribution in [0.25, 0.3) is 10.9 Å². The summed E-state index contributed by atoms with van der Waals surface area (Å²) < 4.78 is 47.1. The van der Waals surface area contributed by atoms with Crippen LogP contribution in [0.1, 0.15) is 48.7 Å². The number of rotatable bonds is 7. The molecular weight excluding hydrogens is 509 g/mol. The molecule has 3 aromatic rings. The molecule has 10 heteroatoms. The van der Waals surface area contributed by atoms with E-state index in [0.29, 0.717) is 40.7 Å². The van der Waals surface area contributed by atoms with E-state index in [1.807, 2.05) is 13.0 Å². The van der Waals surface area contributed by atoms with Crippen LogP contribution in [-0.4, -0.2) is 54.1 Å². The quantitative estimate of drug-likeness (QED) is 0.311. The van der Waals surface area contributed by atoms with Gasteiger partial charge in [0.25, 0.3) is 5.91 Å². The number of methoxy groups -OCH3 is 1. The van der Waals surface area contributed by atoms with Gasteiger partial charge in [-0.05, 0) is 74.9 Å². The summed E-state index contributed by atoms with van der Waals surface area (Å²) in [6.45, 7) is 0.825. The molecule has 1 aromatic heterocycles. The number of nitrogens with one attached hydrogen (secondary N) is 3. The number of nitrogens with zero attached hydrogens (tertiary/aromatic N) is 1. The molecule has 0 aliphatic heterocycles. The van der Waals surface area contributed by atoms with E-state index in [0.717, 1.165) is 18.5 Å². The highest BCUT2D eigenvalue weighted by molar-refractivity contribution is 5.95. The van der Waals surface area contributed by atoms with Crippen LogP contribution in [0, 0.1) is 11.8 Å². The number of fused-ring (bicyclic) bond motifs is 1. The fourth-order valence-corrected chi connectivity index (χ4v) is 4.86. The van der Waals surface area contributed by atoms with Gasteiger partial charge >= 0.3 is 6.18 Å². The molecule has 0 spiro atoms. The average Bonchev–Trinajstić information content (AvgIpc) is 3.24. The van der Waals surface area contributed by atoms with Crippen molar-refractivity contribution in [3.05, 3.63) is 53.7 Å². The number of anilines is 2.